The molecule has 0 unspecified atom stereocenters. The van der Waals surface area contributed by atoms with Crippen LogP contribution in [0.3, 0.4) is 0 Å². The molecule has 1 saturated heterocycles. The minimum Gasteiger partial charge on any atom is -0.492 e. The van der Waals surface area contributed by atoms with Gasteiger partial charge in [0, 0.05) is 13.0 Å². The maximum atomic E-state index is 14.1. The summed E-state index contributed by atoms with van der Waals surface area (Å²) in [6, 6.07) is 3.06. The van der Waals surface area contributed by atoms with Gasteiger partial charge in [-0.2, -0.15) is 0 Å². The van der Waals surface area contributed by atoms with Gasteiger partial charge in [-0.3, -0.25) is 4.79 Å². The second-order valence-corrected chi connectivity index (χ2v) is 6.70. The monoisotopic (exact) mass is 343 g/mol. The summed E-state index contributed by atoms with van der Waals surface area (Å²) < 4.78 is 25.2. The third kappa shape index (κ3) is 4.36. The van der Waals surface area contributed by atoms with Gasteiger partial charge in [-0.05, 0) is 36.5 Å². The van der Waals surface area contributed by atoms with Crippen LogP contribution in [-0.2, 0) is 9.53 Å². The topological polar surface area (TPSA) is 47.6 Å². The number of carbonyl (C=O) groups excluding carboxylic acids is 1. The second-order valence-electron chi connectivity index (χ2n) is 6.29. The highest BCUT2D eigenvalue weighted by atomic mass is 35.5. The zero-order chi connectivity index (χ0) is 17.1. The SMILES string of the molecule is COc1c(F)cc([C@H]2C[C@@H](NC(C)=O)C[C@@H](C(C)C)O2)cc1Cl. The molecule has 1 aliphatic heterocycles. The molecule has 1 aliphatic rings. The molecule has 0 spiro atoms. The van der Waals surface area contributed by atoms with E-state index < -0.39 is 5.82 Å². The molecule has 4 nitrogen and oxygen atoms in total. The Balaban J connectivity index is 2.27. The summed E-state index contributed by atoms with van der Waals surface area (Å²) in [5.41, 5.74) is 0.661. The number of hydrogen-bond donors (Lipinski definition) is 1. The van der Waals surface area contributed by atoms with Crippen LogP contribution in [0.5, 0.6) is 5.75 Å². The Kier molecular flexibility index (Phi) is 5.87. The lowest BCUT2D eigenvalue weighted by molar-refractivity contribution is -0.123. The zero-order valence-electron chi connectivity index (χ0n) is 13.9. The van der Waals surface area contributed by atoms with Gasteiger partial charge in [0.1, 0.15) is 0 Å². The average molecular weight is 344 g/mol. The lowest BCUT2D eigenvalue weighted by Gasteiger charge is -2.38. The van der Waals surface area contributed by atoms with Crippen LogP contribution in [0.15, 0.2) is 12.1 Å². The Morgan fingerprint density at radius 3 is 2.65 bits per heavy atom. The van der Waals surface area contributed by atoms with Crippen molar-refractivity contribution in [2.75, 3.05) is 7.11 Å². The summed E-state index contributed by atoms with van der Waals surface area (Å²) in [6.45, 7) is 5.64. The van der Waals surface area contributed by atoms with Gasteiger partial charge in [0.2, 0.25) is 5.91 Å². The third-order valence-corrected chi connectivity index (χ3v) is 4.38. The third-order valence-electron chi connectivity index (χ3n) is 4.10. The van der Waals surface area contributed by atoms with Crippen LogP contribution >= 0.6 is 11.6 Å². The normalized spacial score (nSPS) is 24.6. The minimum absolute atomic E-state index is 0.00240. The Morgan fingerprint density at radius 2 is 2.13 bits per heavy atom. The van der Waals surface area contributed by atoms with Crippen LogP contribution in [0.2, 0.25) is 5.02 Å². The number of rotatable bonds is 4. The lowest BCUT2D eigenvalue weighted by Crippen LogP contribution is -2.43. The van der Waals surface area contributed by atoms with Crippen molar-refractivity contribution < 1.29 is 18.7 Å². The first-order valence-electron chi connectivity index (χ1n) is 7.77. The number of benzene rings is 1. The molecule has 1 heterocycles. The summed E-state index contributed by atoms with van der Waals surface area (Å²) in [6.07, 6.45) is 1.02. The molecule has 128 valence electrons. The van der Waals surface area contributed by atoms with Crippen LogP contribution in [0, 0.1) is 11.7 Å². The maximum absolute atomic E-state index is 14.1. The quantitative estimate of drug-likeness (QED) is 0.902. The van der Waals surface area contributed by atoms with Crippen molar-refractivity contribution in [3.05, 3.63) is 28.5 Å². The largest absolute Gasteiger partial charge is 0.492 e. The zero-order valence-corrected chi connectivity index (χ0v) is 14.6. The van der Waals surface area contributed by atoms with Crippen molar-refractivity contribution in [3.8, 4) is 5.75 Å². The molecule has 1 aromatic carbocycles. The molecule has 23 heavy (non-hydrogen) atoms. The first-order chi connectivity index (χ1) is 10.8. The highest BCUT2D eigenvalue weighted by Gasteiger charge is 2.33. The van der Waals surface area contributed by atoms with Crippen LogP contribution in [0.4, 0.5) is 4.39 Å². The number of hydrogen-bond acceptors (Lipinski definition) is 3. The van der Waals surface area contributed by atoms with E-state index in [9.17, 15) is 9.18 Å². The van der Waals surface area contributed by atoms with Gasteiger partial charge in [0.05, 0.1) is 24.3 Å². The van der Waals surface area contributed by atoms with E-state index in [0.717, 1.165) is 6.42 Å². The first-order valence-corrected chi connectivity index (χ1v) is 8.15. The molecule has 1 N–H and O–H groups in total. The fraction of sp³-hybridized carbons (Fsp3) is 0.588. The summed E-state index contributed by atoms with van der Waals surface area (Å²) >= 11 is 6.08. The van der Waals surface area contributed by atoms with Crippen molar-refractivity contribution in [2.24, 2.45) is 5.92 Å². The number of amides is 1. The molecule has 6 heteroatoms. The molecule has 0 aromatic heterocycles. The molecule has 1 amide bonds. The Hall–Kier alpha value is -1.33. The lowest BCUT2D eigenvalue weighted by atomic mass is 9.89. The van der Waals surface area contributed by atoms with E-state index in [0.29, 0.717) is 17.9 Å². The van der Waals surface area contributed by atoms with E-state index in [-0.39, 0.29) is 34.9 Å². The van der Waals surface area contributed by atoms with E-state index in [1.165, 1.54) is 20.1 Å². The van der Waals surface area contributed by atoms with E-state index in [1.54, 1.807) is 6.07 Å². The number of carbonyl (C=O) groups is 1. The van der Waals surface area contributed by atoms with Crippen LogP contribution in [-0.4, -0.2) is 25.2 Å². The Morgan fingerprint density at radius 1 is 1.43 bits per heavy atom. The molecule has 0 radical (unpaired) electrons. The van der Waals surface area contributed by atoms with Gasteiger partial charge < -0.3 is 14.8 Å². The van der Waals surface area contributed by atoms with Gasteiger partial charge in [0.25, 0.3) is 0 Å². The summed E-state index contributed by atoms with van der Waals surface area (Å²) in [5.74, 6) is -0.254. The molecule has 1 fully saturated rings. The molecular weight excluding hydrogens is 321 g/mol. The van der Waals surface area contributed by atoms with E-state index >= 15 is 0 Å². The second kappa shape index (κ2) is 7.49. The van der Waals surface area contributed by atoms with Crippen molar-refractivity contribution in [2.45, 2.75) is 51.9 Å². The van der Waals surface area contributed by atoms with E-state index in [1.807, 2.05) is 0 Å². The first kappa shape index (κ1) is 18.0. The molecular formula is C17H23ClFNO3. The van der Waals surface area contributed by atoms with Crippen LogP contribution in [0.25, 0.3) is 0 Å². The fourth-order valence-corrected chi connectivity index (χ4v) is 3.26. The highest BCUT2D eigenvalue weighted by molar-refractivity contribution is 6.32. The Labute approximate surface area is 141 Å². The highest BCUT2D eigenvalue weighted by Crippen LogP contribution is 2.38. The van der Waals surface area contributed by atoms with Gasteiger partial charge >= 0.3 is 0 Å². The summed E-state index contributed by atoms with van der Waals surface area (Å²) in [4.78, 5) is 11.4. The van der Waals surface area contributed by atoms with E-state index in [2.05, 4.69) is 19.2 Å². The van der Waals surface area contributed by atoms with Crippen molar-refractivity contribution in [1.82, 2.24) is 5.32 Å². The van der Waals surface area contributed by atoms with Crippen molar-refractivity contribution in [3.63, 3.8) is 0 Å². The molecule has 0 saturated carbocycles. The molecule has 2 rings (SSSR count). The predicted octanol–water partition coefficient (Wildman–Crippen LogP) is 3.87. The number of ether oxygens (including phenoxy) is 2. The molecule has 3 atom stereocenters. The molecule has 0 bridgehead atoms. The number of halogens is 2. The molecule has 1 aromatic rings. The maximum Gasteiger partial charge on any atom is 0.217 e. The summed E-state index contributed by atoms with van der Waals surface area (Å²) in [5, 5.41) is 3.16. The number of nitrogens with one attached hydrogen (secondary N) is 1. The number of methoxy groups -OCH3 is 1. The minimum atomic E-state index is -0.513. The smallest absolute Gasteiger partial charge is 0.217 e. The Bertz CT molecular complexity index is 556. The van der Waals surface area contributed by atoms with Gasteiger partial charge in [0.15, 0.2) is 11.6 Å². The van der Waals surface area contributed by atoms with Gasteiger partial charge in [-0.25, -0.2) is 4.39 Å². The average Bonchev–Trinajstić information content (AvgIpc) is 2.45. The fourth-order valence-electron chi connectivity index (χ4n) is 2.97. The van der Waals surface area contributed by atoms with Crippen LogP contribution in [0.1, 0.15) is 45.3 Å². The molecule has 0 aliphatic carbocycles. The van der Waals surface area contributed by atoms with Crippen LogP contribution < -0.4 is 10.1 Å². The van der Waals surface area contributed by atoms with Gasteiger partial charge in [-0.15, -0.1) is 0 Å². The van der Waals surface area contributed by atoms with Gasteiger partial charge in [-0.1, -0.05) is 25.4 Å². The summed E-state index contributed by atoms with van der Waals surface area (Å²) in [7, 11) is 1.38. The van der Waals surface area contributed by atoms with Crippen molar-refractivity contribution >= 4 is 17.5 Å². The standard InChI is InChI=1S/C17H23ClFNO3/c1-9(2)15-7-12(20-10(3)21)8-16(23-15)11-5-13(18)17(22-4)14(19)6-11/h5-6,9,12,15-16H,7-8H2,1-4H3,(H,20,21)/t12-,15-,16+/m0/s1. The van der Waals surface area contributed by atoms with Crippen molar-refractivity contribution in [1.29, 1.82) is 0 Å². The van der Waals surface area contributed by atoms with E-state index in [4.69, 9.17) is 21.1 Å². The predicted molar refractivity (Wildman–Crippen MR) is 87.3 cm³/mol.